The van der Waals surface area contributed by atoms with Gasteiger partial charge in [0.05, 0.1) is 5.56 Å². The lowest BCUT2D eigenvalue weighted by atomic mass is 9.99. The molecule has 2 aliphatic heterocycles. The van der Waals surface area contributed by atoms with Crippen molar-refractivity contribution < 1.29 is 4.79 Å². The Labute approximate surface area is 152 Å². The smallest absolute Gasteiger partial charge is 0.256 e. The van der Waals surface area contributed by atoms with Crippen LogP contribution in [0.15, 0.2) is 22.7 Å². The Bertz CT molecular complexity index is 530. The Hall–Kier alpha value is -0.490. The minimum atomic E-state index is 0. The van der Waals surface area contributed by atoms with E-state index >= 15 is 0 Å². The molecule has 0 aliphatic carbocycles. The number of benzene rings is 1. The van der Waals surface area contributed by atoms with Gasteiger partial charge in [-0.05, 0) is 37.6 Å². The number of anilines is 1. The van der Waals surface area contributed by atoms with Crippen molar-refractivity contribution in [2.45, 2.75) is 25.3 Å². The van der Waals surface area contributed by atoms with Gasteiger partial charge >= 0.3 is 0 Å². The summed E-state index contributed by atoms with van der Waals surface area (Å²) in [6.07, 6.45) is 3.79. The first-order valence-electron chi connectivity index (χ1n) is 7.23. The Morgan fingerprint density at radius 3 is 2.68 bits per heavy atom. The fourth-order valence-corrected chi connectivity index (χ4v) is 3.62. The normalized spacial score (nSPS) is 21.3. The number of nitrogens with zero attached hydrogens (tertiary/aromatic N) is 2. The van der Waals surface area contributed by atoms with E-state index in [1.807, 2.05) is 17.0 Å². The molecule has 1 unspecified atom stereocenters. The van der Waals surface area contributed by atoms with Gasteiger partial charge in [0.15, 0.2) is 0 Å². The van der Waals surface area contributed by atoms with Crippen molar-refractivity contribution in [1.82, 2.24) is 9.80 Å². The van der Waals surface area contributed by atoms with Crippen LogP contribution in [0.25, 0.3) is 0 Å². The zero-order chi connectivity index (χ0) is 14.1. The van der Waals surface area contributed by atoms with Gasteiger partial charge in [-0.25, -0.2) is 0 Å². The number of rotatable bonds is 1. The van der Waals surface area contributed by atoms with Crippen LogP contribution in [-0.2, 0) is 0 Å². The van der Waals surface area contributed by atoms with E-state index in [1.165, 1.54) is 25.8 Å². The first-order chi connectivity index (χ1) is 9.65. The number of nitrogen functional groups attached to an aromatic ring is 1. The Balaban J connectivity index is 0.00000121. The molecule has 2 heterocycles. The predicted molar refractivity (Wildman–Crippen MR) is 98.2 cm³/mol. The summed E-state index contributed by atoms with van der Waals surface area (Å²) in [6, 6.07) is 6.03. The highest BCUT2D eigenvalue weighted by atomic mass is 79.9. The quantitative estimate of drug-likeness (QED) is 0.723. The minimum Gasteiger partial charge on any atom is -0.398 e. The van der Waals surface area contributed by atoms with Crippen molar-refractivity contribution >= 4 is 52.3 Å². The molecular weight excluding hydrogens is 389 g/mol. The van der Waals surface area contributed by atoms with Gasteiger partial charge in [0, 0.05) is 35.8 Å². The fraction of sp³-hybridized carbons (Fsp3) is 0.533. The molecule has 4 nitrogen and oxygen atoms in total. The average Bonchev–Trinajstić information content (AvgIpc) is 2.46. The van der Waals surface area contributed by atoms with Crippen molar-refractivity contribution in [3.63, 3.8) is 0 Å². The standard InChI is InChI=1S/C15H20BrN3O.2ClH/c16-11-4-5-13(14(17)9-11)15(20)19-8-7-18-6-2-1-3-12(18)10-19;;/h4-5,9,12H,1-3,6-8,10,17H2;2*1H. The molecule has 1 aromatic carbocycles. The number of carbonyl (C=O) groups is 1. The number of halogens is 3. The molecule has 0 radical (unpaired) electrons. The monoisotopic (exact) mass is 409 g/mol. The molecule has 22 heavy (non-hydrogen) atoms. The highest BCUT2D eigenvalue weighted by Crippen LogP contribution is 2.24. The second kappa shape index (κ2) is 8.39. The molecule has 0 saturated carbocycles. The van der Waals surface area contributed by atoms with Crippen molar-refractivity contribution in [2.75, 3.05) is 31.9 Å². The number of nitrogens with two attached hydrogens (primary N) is 1. The van der Waals surface area contributed by atoms with E-state index in [0.717, 1.165) is 24.1 Å². The van der Waals surface area contributed by atoms with Crippen LogP contribution >= 0.6 is 40.7 Å². The maximum atomic E-state index is 12.6. The fourth-order valence-electron chi connectivity index (χ4n) is 3.24. The van der Waals surface area contributed by atoms with Gasteiger partial charge in [-0.2, -0.15) is 0 Å². The van der Waals surface area contributed by atoms with E-state index in [-0.39, 0.29) is 30.7 Å². The van der Waals surface area contributed by atoms with Gasteiger partial charge in [-0.1, -0.05) is 22.4 Å². The minimum absolute atomic E-state index is 0. The SMILES string of the molecule is Cl.Cl.Nc1cc(Br)ccc1C(=O)N1CCN2CCCCC2C1. The van der Waals surface area contributed by atoms with Crippen LogP contribution in [0.2, 0.25) is 0 Å². The zero-order valence-corrected chi connectivity index (χ0v) is 15.6. The number of hydrogen-bond acceptors (Lipinski definition) is 3. The van der Waals surface area contributed by atoms with E-state index in [1.54, 1.807) is 6.07 Å². The van der Waals surface area contributed by atoms with Gasteiger partial charge in [-0.15, -0.1) is 24.8 Å². The van der Waals surface area contributed by atoms with Gasteiger partial charge in [0.1, 0.15) is 0 Å². The molecule has 7 heteroatoms. The molecule has 0 spiro atoms. The Morgan fingerprint density at radius 1 is 1.18 bits per heavy atom. The van der Waals surface area contributed by atoms with E-state index in [2.05, 4.69) is 20.8 Å². The van der Waals surface area contributed by atoms with Crippen LogP contribution in [-0.4, -0.2) is 47.9 Å². The van der Waals surface area contributed by atoms with Crippen LogP contribution < -0.4 is 5.73 Å². The molecule has 2 aliphatic rings. The Morgan fingerprint density at radius 2 is 1.95 bits per heavy atom. The molecule has 0 aromatic heterocycles. The van der Waals surface area contributed by atoms with Crippen LogP contribution in [0.4, 0.5) is 5.69 Å². The predicted octanol–water partition coefficient (Wildman–Crippen LogP) is 3.19. The first-order valence-corrected chi connectivity index (χ1v) is 8.03. The summed E-state index contributed by atoms with van der Waals surface area (Å²) < 4.78 is 0.906. The lowest BCUT2D eigenvalue weighted by Crippen LogP contribution is -2.56. The molecule has 124 valence electrons. The van der Waals surface area contributed by atoms with E-state index in [0.29, 0.717) is 17.3 Å². The van der Waals surface area contributed by atoms with Gasteiger partial charge in [0.25, 0.3) is 5.91 Å². The molecule has 2 N–H and O–H groups in total. The molecule has 3 rings (SSSR count). The van der Waals surface area contributed by atoms with E-state index in [9.17, 15) is 4.79 Å². The highest BCUT2D eigenvalue weighted by Gasteiger charge is 2.31. The summed E-state index contributed by atoms with van der Waals surface area (Å²) in [5, 5.41) is 0. The number of carbonyl (C=O) groups excluding carboxylic acids is 1. The molecule has 2 saturated heterocycles. The number of piperidine rings is 1. The second-order valence-corrected chi connectivity index (χ2v) is 6.58. The van der Waals surface area contributed by atoms with E-state index in [4.69, 9.17) is 5.73 Å². The third kappa shape index (κ3) is 4.07. The van der Waals surface area contributed by atoms with Crippen molar-refractivity contribution in [2.24, 2.45) is 0 Å². The summed E-state index contributed by atoms with van der Waals surface area (Å²) in [7, 11) is 0. The number of hydrogen-bond donors (Lipinski definition) is 1. The van der Waals surface area contributed by atoms with Crippen molar-refractivity contribution in [3.8, 4) is 0 Å². The summed E-state index contributed by atoms with van der Waals surface area (Å²) >= 11 is 3.38. The molecular formula is C15H22BrCl2N3O. The first kappa shape index (κ1) is 19.6. The van der Waals surface area contributed by atoms with Gasteiger partial charge in [-0.3, -0.25) is 9.69 Å². The van der Waals surface area contributed by atoms with Crippen LogP contribution in [0.1, 0.15) is 29.6 Å². The van der Waals surface area contributed by atoms with Gasteiger partial charge < -0.3 is 10.6 Å². The summed E-state index contributed by atoms with van der Waals surface area (Å²) in [6.45, 7) is 3.83. The van der Waals surface area contributed by atoms with Crippen LogP contribution in [0.5, 0.6) is 0 Å². The second-order valence-electron chi connectivity index (χ2n) is 5.67. The van der Waals surface area contributed by atoms with Crippen LogP contribution in [0, 0.1) is 0 Å². The van der Waals surface area contributed by atoms with E-state index < -0.39 is 0 Å². The largest absolute Gasteiger partial charge is 0.398 e. The molecule has 1 aromatic rings. The van der Waals surface area contributed by atoms with Crippen LogP contribution in [0.3, 0.4) is 0 Å². The third-order valence-electron chi connectivity index (χ3n) is 4.37. The highest BCUT2D eigenvalue weighted by molar-refractivity contribution is 9.10. The van der Waals surface area contributed by atoms with Crippen molar-refractivity contribution in [3.05, 3.63) is 28.2 Å². The number of fused-ring (bicyclic) bond motifs is 1. The van der Waals surface area contributed by atoms with Gasteiger partial charge in [0.2, 0.25) is 0 Å². The average molecular weight is 411 g/mol. The number of piperazine rings is 1. The van der Waals surface area contributed by atoms with Crippen molar-refractivity contribution in [1.29, 1.82) is 0 Å². The third-order valence-corrected chi connectivity index (χ3v) is 4.86. The summed E-state index contributed by atoms with van der Waals surface area (Å²) in [5.74, 6) is 0.0697. The zero-order valence-electron chi connectivity index (χ0n) is 12.3. The molecule has 2 fully saturated rings. The molecule has 1 atom stereocenters. The maximum absolute atomic E-state index is 12.6. The summed E-state index contributed by atoms with van der Waals surface area (Å²) in [4.78, 5) is 17.1. The number of amides is 1. The topological polar surface area (TPSA) is 49.6 Å². The molecule has 0 bridgehead atoms. The molecule has 1 amide bonds. The maximum Gasteiger partial charge on any atom is 0.256 e. The lowest BCUT2D eigenvalue weighted by Gasteiger charge is -2.44. The lowest BCUT2D eigenvalue weighted by molar-refractivity contribution is 0.0373. The summed E-state index contributed by atoms with van der Waals surface area (Å²) in [5.41, 5.74) is 7.15. The Kier molecular flexibility index (Phi) is 7.46.